The molecule has 0 saturated heterocycles. The number of terminal acetylenes is 1. The maximum atomic E-state index is 13.1. The first-order valence-corrected chi connectivity index (χ1v) is 10.1. The largest absolute Gasteiger partial charge is 0.444 e. The highest BCUT2D eigenvalue weighted by atomic mass is 16.6. The van der Waals surface area contributed by atoms with Gasteiger partial charge in [0.1, 0.15) is 18.2 Å². The van der Waals surface area contributed by atoms with Crippen molar-refractivity contribution < 1.29 is 19.1 Å². The molecule has 0 bridgehead atoms. The summed E-state index contributed by atoms with van der Waals surface area (Å²) >= 11 is 0. The maximum absolute atomic E-state index is 13.1. The lowest BCUT2D eigenvalue weighted by Crippen LogP contribution is -2.47. The van der Waals surface area contributed by atoms with E-state index in [0.717, 1.165) is 23.3 Å². The van der Waals surface area contributed by atoms with Gasteiger partial charge in [0.2, 0.25) is 5.91 Å². The third kappa shape index (κ3) is 8.16. The molecule has 0 aromatic heterocycles. The number of nitrogens with zero attached hydrogens (tertiary/aromatic N) is 1. The van der Waals surface area contributed by atoms with Crippen molar-refractivity contribution in [3.63, 3.8) is 0 Å². The van der Waals surface area contributed by atoms with Crippen LogP contribution in [0.15, 0.2) is 24.3 Å². The zero-order valence-corrected chi connectivity index (χ0v) is 18.7. The topological polar surface area (TPSA) is 87.7 Å². The Labute approximate surface area is 179 Å². The van der Waals surface area contributed by atoms with Gasteiger partial charge < -0.3 is 15.4 Å². The van der Waals surface area contributed by atoms with Crippen molar-refractivity contribution in [3.8, 4) is 12.5 Å². The SMILES string of the molecule is C#CN(C(=O)CNC(=O)OC(C)(C)C)C(C(=O)NC(C)CCC)c1cccc(C)c1. The Morgan fingerprint density at radius 3 is 2.47 bits per heavy atom. The van der Waals surface area contributed by atoms with Crippen LogP contribution in [-0.4, -0.2) is 41.0 Å². The predicted octanol–water partition coefficient (Wildman–Crippen LogP) is 3.28. The second-order valence-electron chi connectivity index (χ2n) is 8.26. The van der Waals surface area contributed by atoms with Gasteiger partial charge in [-0.2, -0.15) is 0 Å². The fraction of sp³-hybridized carbons (Fsp3) is 0.522. The van der Waals surface area contributed by atoms with Crippen LogP contribution in [0.4, 0.5) is 4.79 Å². The number of carbonyl (C=O) groups is 3. The minimum absolute atomic E-state index is 0.0653. The van der Waals surface area contributed by atoms with Crippen molar-refractivity contribution >= 4 is 17.9 Å². The van der Waals surface area contributed by atoms with Crippen molar-refractivity contribution in [1.82, 2.24) is 15.5 Å². The second-order valence-corrected chi connectivity index (χ2v) is 8.26. The highest BCUT2D eigenvalue weighted by molar-refractivity contribution is 5.91. The second kappa shape index (κ2) is 11.2. The van der Waals surface area contributed by atoms with Crippen molar-refractivity contribution in [2.75, 3.05) is 6.54 Å². The maximum Gasteiger partial charge on any atom is 0.408 e. The smallest absolute Gasteiger partial charge is 0.408 e. The van der Waals surface area contributed by atoms with E-state index >= 15 is 0 Å². The number of amides is 3. The van der Waals surface area contributed by atoms with E-state index in [2.05, 4.69) is 16.7 Å². The summed E-state index contributed by atoms with van der Waals surface area (Å²) in [7, 11) is 0. The van der Waals surface area contributed by atoms with E-state index in [0.29, 0.717) is 5.56 Å². The number of rotatable bonds is 8. The Morgan fingerprint density at radius 2 is 1.93 bits per heavy atom. The van der Waals surface area contributed by atoms with Crippen molar-refractivity contribution in [1.29, 1.82) is 0 Å². The molecule has 0 radical (unpaired) electrons. The molecule has 1 rings (SSSR count). The number of hydrogen-bond acceptors (Lipinski definition) is 4. The summed E-state index contributed by atoms with van der Waals surface area (Å²) in [5.41, 5.74) is 0.834. The zero-order chi connectivity index (χ0) is 22.9. The first-order chi connectivity index (χ1) is 14.0. The van der Waals surface area contributed by atoms with Crippen LogP contribution in [0.2, 0.25) is 0 Å². The number of hydrogen-bond donors (Lipinski definition) is 2. The zero-order valence-electron chi connectivity index (χ0n) is 18.7. The molecule has 0 aliphatic heterocycles. The van der Waals surface area contributed by atoms with Crippen molar-refractivity contribution in [2.45, 2.75) is 72.1 Å². The van der Waals surface area contributed by atoms with Crippen LogP contribution in [0.25, 0.3) is 0 Å². The van der Waals surface area contributed by atoms with Gasteiger partial charge in [-0.25, -0.2) is 4.79 Å². The number of nitrogens with one attached hydrogen (secondary N) is 2. The molecule has 2 N–H and O–H groups in total. The molecule has 2 atom stereocenters. The average molecular weight is 416 g/mol. The first-order valence-electron chi connectivity index (χ1n) is 10.1. The van der Waals surface area contributed by atoms with E-state index in [9.17, 15) is 14.4 Å². The number of alkyl carbamates (subject to hydrolysis) is 1. The van der Waals surface area contributed by atoms with Gasteiger partial charge in [-0.05, 0) is 46.6 Å². The van der Waals surface area contributed by atoms with Gasteiger partial charge in [0.15, 0.2) is 0 Å². The molecule has 7 nitrogen and oxygen atoms in total. The van der Waals surface area contributed by atoms with Gasteiger partial charge >= 0.3 is 6.09 Å². The lowest BCUT2D eigenvalue weighted by molar-refractivity contribution is -0.136. The molecular weight excluding hydrogens is 382 g/mol. The fourth-order valence-corrected chi connectivity index (χ4v) is 2.92. The van der Waals surface area contributed by atoms with Crippen LogP contribution in [0, 0.1) is 19.4 Å². The first kappa shape index (κ1) is 25.0. The molecule has 0 heterocycles. The summed E-state index contributed by atoms with van der Waals surface area (Å²) in [5.74, 6) is -0.960. The van der Waals surface area contributed by atoms with Crippen LogP contribution < -0.4 is 10.6 Å². The highest BCUT2D eigenvalue weighted by Gasteiger charge is 2.31. The molecule has 164 valence electrons. The molecule has 30 heavy (non-hydrogen) atoms. The monoisotopic (exact) mass is 415 g/mol. The summed E-state index contributed by atoms with van der Waals surface area (Å²) in [5, 5.41) is 5.32. The van der Waals surface area contributed by atoms with E-state index in [1.165, 1.54) is 0 Å². The van der Waals surface area contributed by atoms with Crippen LogP contribution in [0.5, 0.6) is 0 Å². The fourth-order valence-electron chi connectivity index (χ4n) is 2.92. The van der Waals surface area contributed by atoms with Crippen LogP contribution >= 0.6 is 0 Å². The third-order valence-corrected chi connectivity index (χ3v) is 4.17. The molecule has 7 heteroatoms. The van der Waals surface area contributed by atoms with E-state index < -0.39 is 23.6 Å². The molecule has 1 aromatic rings. The van der Waals surface area contributed by atoms with E-state index in [1.54, 1.807) is 32.9 Å². The summed E-state index contributed by atoms with van der Waals surface area (Å²) < 4.78 is 5.14. The summed E-state index contributed by atoms with van der Waals surface area (Å²) in [6, 6.07) is 8.49. The Bertz CT molecular complexity index is 792. The third-order valence-electron chi connectivity index (χ3n) is 4.17. The van der Waals surface area contributed by atoms with Gasteiger partial charge in [-0.15, -0.1) is 0 Å². The van der Waals surface area contributed by atoms with E-state index in [1.807, 2.05) is 32.9 Å². The van der Waals surface area contributed by atoms with Gasteiger partial charge in [-0.1, -0.05) is 49.6 Å². The van der Waals surface area contributed by atoms with Crippen molar-refractivity contribution in [3.05, 3.63) is 35.4 Å². The van der Waals surface area contributed by atoms with Gasteiger partial charge in [0.05, 0.1) is 0 Å². The standard InChI is InChI=1S/C23H33N3O4/c1-8-11-17(4)25-21(28)20(18-13-10-12-16(3)14-18)26(9-2)19(27)15-24-22(29)30-23(5,6)7/h2,10,12-14,17,20H,8,11,15H2,1,3-7H3,(H,24,29)(H,25,28). The number of carbonyl (C=O) groups excluding carboxylic acids is 3. The Morgan fingerprint density at radius 1 is 1.27 bits per heavy atom. The molecule has 2 unspecified atom stereocenters. The Balaban J connectivity index is 3.07. The molecule has 0 fully saturated rings. The predicted molar refractivity (Wildman–Crippen MR) is 116 cm³/mol. The normalized spacial score (nSPS) is 12.8. The lowest BCUT2D eigenvalue weighted by atomic mass is 10.0. The molecule has 3 amide bonds. The minimum Gasteiger partial charge on any atom is -0.444 e. The molecule has 0 spiro atoms. The van der Waals surface area contributed by atoms with Gasteiger partial charge in [0, 0.05) is 12.1 Å². The summed E-state index contributed by atoms with van der Waals surface area (Å²) in [6.07, 6.45) is 6.59. The molecule has 0 aliphatic rings. The van der Waals surface area contributed by atoms with Crippen LogP contribution in [0.3, 0.4) is 0 Å². The number of benzene rings is 1. The summed E-state index contributed by atoms with van der Waals surface area (Å²) in [6.45, 7) is 10.6. The van der Waals surface area contributed by atoms with Gasteiger partial charge in [-0.3, -0.25) is 14.5 Å². The molecular formula is C23H33N3O4. The van der Waals surface area contributed by atoms with Crippen molar-refractivity contribution in [2.24, 2.45) is 0 Å². The number of ether oxygens (including phenoxy) is 1. The molecule has 0 saturated carbocycles. The lowest BCUT2D eigenvalue weighted by Gasteiger charge is -2.28. The Kier molecular flexibility index (Phi) is 9.38. The van der Waals surface area contributed by atoms with Gasteiger partial charge in [0.25, 0.3) is 5.91 Å². The minimum atomic E-state index is -1.01. The summed E-state index contributed by atoms with van der Waals surface area (Å²) in [4.78, 5) is 38.7. The molecule has 0 aliphatic carbocycles. The molecule has 1 aromatic carbocycles. The number of aryl methyl sites for hydroxylation is 1. The quantitative estimate of drug-likeness (QED) is 0.504. The Hall–Kier alpha value is -3.01. The van der Waals surface area contributed by atoms with E-state index in [4.69, 9.17) is 11.2 Å². The van der Waals surface area contributed by atoms with Crippen LogP contribution in [0.1, 0.15) is 64.6 Å². The van der Waals surface area contributed by atoms with Crippen LogP contribution in [-0.2, 0) is 14.3 Å². The highest BCUT2D eigenvalue weighted by Crippen LogP contribution is 2.22. The average Bonchev–Trinajstić information content (AvgIpc) is 2.62. The van der Waals surface area contributed by atoms with E-state index in [-0.39, 0.29) is 18.5 Å².